The lowest BCUT2D eigenvalue weighted by Gasteiger charge is -2.11. The molecule has 2 aromatic rings. The number of carbonyl (C=O) groups excluding carboxylic acids is 2. The Morgan fingerprint density at radius 2 is 1.83 bits per heavy atom. The van der Waals surface area contributed by atoms with Crippen molar-refractivity contribution in [3.8, 4) is 0 Å². The number of carbonyl (C=O) groups is 3. The van der Waals surface area contributed by atoms with Crippen LogP contribution in [0.5, 0.6) is 0 Å². The number of nitrogens with zero attached hydrogens (tertiary/aromatic N) is 1. The van der Waals surface area contributed by atoms with Crippen LogP contribution >= 0.6 is 15.9 Å². The van der Waals surface area contributed by atoms with Gasteiger partial charge in [0.25, 0.3) is 17.5 Å². The van der Waals surface area contributed by atoms with Gasteiger partial charge in [0.2, 0.25) is 0 Å². The zero-order valence-electron chi connectivity index (χ0n) is 14.9. The maximum absolute atomic E-state index is 12.5. The van der Waals surface area contributed by atoms with Crippen molar-refractivity contribution < 1.29 is 24.4 Å². The molecule has 2 aromatic carbocycles. The number of nitro groups is 1. The van der Waals surface area contributed by atoms with E-state index in [1.54, 1.807) is 24.3 Å². The molecule has 0 fully saturated rings. The van der Waals surface area contributed by atoms with Crippen molar-refractivity contribution in [2.24, 2.45) is 0 Å². The Kier molecular flexibility index (Phi) is 7.61. The number of aliphatic carboxylic acids is 1. The highest BCUT2D eigenvalue weighted by Gasteiger charge is 2.15. The summed E-state index contributed by atoms with van der Waals surface area (Å²) in [5.74, 6) is -2.38. The normalized spacial score (nSPS) is 10.9. The van der Waals surface area contributed by atoms with Gasteiger partial charge in [0.1, 0.15) is 5.70 Å². The van der Waals surface area contributed by atoms with E-state index in [1.165, 1.54) is 30.3 Å². The number of hydrogen-bond donors (Lipinski definition) is 3. The molecule has 0 saturated heterocycles. The van der Waals surface area contributed by atoms with Crippen LogP contribution in [0.3, 0.4) is 0 Å². The number of halogens is 1. The van der Waals surface area contributed by atoms with Gasteiger partial charge in [-0.1, -0.05) is 28.1 Å². The molecule has 3 N–H and O–H groups in total. The standard InChI is InChI=1S/C19H16BrN3O6/c20-14-6-4-13(5-7-14)18(26)22-16(19(27)21-9-8-17(24)25)11-12-2-1-3-15(10-12)23(28)29/h1-7,10-11H,8-9H2,(H,21,27)(H,22,26)(H,24,25). The van der Waals surface area contributed by atoms with Gasteiger partial charge < -0.3 is 15.7 Å². The first-order chi connectivity index (χ1) is 13.8. The Labute approximate surface area is 173 Å². The maximum Gasteiger partial charge on any atom is 0.305 e. The van der Waals surface area contributed by atoms with Crippen LogP contribution in [0.25, 0.3) is 6.08 Å². The summed E-state index contributed by atoms with van der Waals surface area (Å²) in [6, 6.07) is 11.9. The summed E-state index contributed by atoms with van der Waals surface area (Å²) in [5.41, 5.74) is 0.252. The highest BCUT2D eigenvalue weighted by molar-refractivity contribution is 9.10. The Hall–Kier alpha value is -3.53. The van der Waals surface area contributed by atoms with E-state index < -0.39 is 22.7 Å². The maximum atomic E-state index is 12.5. The van der Waals surface area contributed by atoms with E-state index in [2.05, 4.69) is 26.6 Å². The van der Waals surface area contributed by atoms with E-state index in [0.29, 0.717) is 5.56 Å². The number of carboxylic acid groups (broad SMARTS) is 1. The zero-order chi connectivity index (χ0) is 21.4. The molecule has 0 heterocycles. The Bertz CT molecular complexity index is 972. The second kappa shape index (κ2) is 10.1. The van der Waals surface area contributed by atoms with Gasteiger partial charge in [-0.25, -0.2) is 0 Å². The van der Waals surface area contributed by atoms with Crippen LogP contribution in [0.1, 0.15) is 22.3 Å². The first-order valence-corrected chi connectivity index (χ1v) is 9.08. The summed E-state index contributed by atoms with van der Waals surface area (Å²) < 4.78 is 0.771. The van der Waals surface area contributed by atoms with E-state index in [4.69, 9.17) is 5.11 Å². The first-order valence-electron chi connectivity index (χ1n) is 8.29. The van der Waals surface area contributed by atoms with E-state index in [-0.39, 0.29) is 29.9 Å². The lowest BCUT2D eigenvalue weighted by atomic mass is 10.1. The van der Waals surface area contributed by atoms with Crippen molar-refractivity contribution in [3.05, 3.63) is 79.9 Å². The minimum absolute atomic E-state index is 0.144. The Morgan fingerprint density at radius 3 is 2.45 bits per heavy atom. The molecule has 0 radical (unpaired) electrons. The van der Waals surface area contributed by atoms with Crippen LogP contribution in [0.4, 0.5) is 5.69 Å². The fraction of sp³-hybridized carbons (Fsp3) is 0.105. The Morgan fingerprint density at radius 1 is 1.14 bits per heavy atom. The van der Waals surface area contributed by atoms with Gasteiger partial charge in [0.05, 0.1) is 11.3 Å². The third kappa shape index (κ3) is 6.85. The second-order valence-electron chi connectivity index (χ2n) is 5.77. The number of benzene rings is 2. The van der Waals surface area contributed by atoms with E-state index in [1.807, 2.05) is 0 Å². The molecule has 0 atom stereocenters. The van der Waals surface area contributed by atoms with Crippen LogP contribution < -0.4 is 10.6 Å². The topological polar surface area (TPSA) is 139 Å². The molecule has 0 saturated carbocycles. The lowest BCUT2D eigenvalue weighted by Crippen LogP contribution is -2.35. The second-order valence-corrected chi connectivity index (χ2v) is 6.69. The number of non-ortho nitro benzene ring substituents is 1. The molecule has 0 aliphatic carbocycles. The van der Waals surface area contributed by atoms with Crippen molar-refractivity contribution in [1.29, 1.82) is 0 Å². The van der Waals surface area contributed by atoms with Gasteiger partial charge in [-0.15, -0.1) is 0 Å². The Balaban J connectivity index is 2.29. The smallest absolute Gasteiger partial charge is 0.305 e. The van der Waals surface area contributed by atoms with Gasteiger partial charge in [0.15, 0.2) is 0 Å². The molecule has 0 spiro atoms. The molecule has 2 rings (SSSR count). The molecule has 0 unspecified atom stereocenters. The summed E-state index contributed by atoms with van der Waals surface area (Å²) in [6.45, 7) is -0.144. The fourth-order valence-electron chi connectivity index (χ4n) is 2.23. The molecule has 2 amide bonds. The summed E-state index contributed by atoms with van der Waals surface area (Å²) in [7, 11) is 0. The van der Waals surface area contributed by atoms with Gasteiger partial charge in [-0.05, 0) is 35.9 Å². The minimum atomic E-state index is -1.09. The van der Waals surface area contributed by atoms with E-state index >= 15 is 0 Å². The van der Waals surface area contributed by atoms with Gasteiger partial charge in [-0.2, -0.15) is 0 Å². The molecular formula is C19H16BrN3O6. The molecular weight excluding hydrogens is 446 g/mol. The molecule has 0 aliphatic heterocycles. The fourth-order valence-corrected chi connectivity index (χ4v) is 2.49. The van der Waals surface area contributed by atoms with Gasteiger partial charge in [-0.3, -0.25) is 24.5 Å². The molecule has 0 bridgehead atoms. The minimum Gasteiger partial charge on any atom is -0.481 e. The largest absolute Gasteiger partial charge is 0.481 e. The van der Waals surface area contributed by atoms with Crippen molar-refractivity contribution in [3.63, 3.8) is 0 Å². The quantitative estimate of drug-likeness (QED) is 0.313. The number of hydrogen-bond acceptors (Lipinski definition) is 5. The highest BCUT2D eigenvalue weighted by Crippen LogP contribution is 2.16. The molecule has 9 nitrogen and oxygen atoms in total. The number of nitro benzene ring substituents is 1. The number of amides is 2. The van der Waals surface area contributed by atoms with Crippen molar-refractivity contribution in [1.82, 2.24) is 10.6 Å². The predicted molar refractivity (Wildman–Crippen MR) is 108 cm³/mol. The summed E-state index contributed by atoms with van der Waals surface area (Å²) in [5, 5.41) is 24.5. The third-order valence-corrected chi connectivity index (χ3v) is 4.14. The van der Waals surface area contributed by atoms with Crippen LogP contribution in [0.2, 0.25) is 0 Å². The van der Waals surface area contributed by atoms with Crippen LogP contribution in [-0.2, 0) is 9.59 Å². The van der Waals surface area contributed by atoms with Crippen molar-refractivity contribution in [2.45, 2.75) is 6.42 Å². The summed E-state index contributed by atoms with van der Waals surface area (Å²) >= 11 is 3.26. The van der Waals surface area contributed by atoms with Crippen LogP contribution in [-0.4, -0.2) is 34.4 Å². The molecule has 0 aromatic heterocycles. The SMILES string of the molecule is O=C(O)CCNC(=O)C(=Cc1cccc([N+](=O)[O-])c1)NC(=O)c1ccc(Br)cc1. The van der Waals surface area contributed by atoms with Crippen LogP contribution in [0, 0.1) is 10.1 Å². The average Bonchev–Trinajstić information content (AvgIpc) is 2.67. The number of rotatable bonds is 8. The number of carboxylic acids is 1. The van der Waals surface area contributed by atoms with Crippen LogP contribution in [0.15, 0.2) is 58.7 Å². The zero-order valence-corrected chi connectivity index (χ0v) is 16.5. The summed E-state index contributed by atoms with van der Waals surface area (Å²) in [4.78, 5) is 45.9. The van der Waals surface area contributed by atoms with Gasteiger partial charge >= 0.3 is 5.97 Å². The lowest BCUT2D eigenvalue weighted by molar-refractivity contribution is -0.384. The molecule has 150 valence electrons. The molecule has 29 heavy (non-hydrogen) atoms. The van der Waals surface area contributed by atoms with E-state index in [9.17, 15) is 24.5 Å². The summed E-state index contributed by atoms with van der Waals surface area (Å²) in [6.07, 6.45) is 0.982. The van der Waals surface area contributed by atoms with E-state index in [0.717, 1.165) is 4.47 Å². The molecule has 10 heteroatoms. The predicted octanol–water partition coefficient (Wildman–Crippen LogP) is 2.72. The monoisotopic (exact) mass is 461 g/mol. The van der Waals surface area contributed by atoms with Crippen molar-refractivity contribution in [2.75, 3.05) is 6.54 Å². The average molecular weight is 462 g/mol. The molecule has 0 aliphatic rings. The highest BCUT2D eigenvalue weighted by atomic mass is 79.9. The van der Waals surface area contributed by atoms with Crippen molar-refractivity contribution >= 4 is 45.5 Å². The number of nitrogens with one attached hydrogen (secondary N) is 2. The van der Waals surface area contributed by atoms with Gasteiger partial charge in [0, 0.05) is 28.7 Å². The first kappa shape index (κ1) is 21.8. The third-order valence-electron chi connectivity index (χ3n) is 3.62.